The van der Waals surface area contributed by atoms with E-state index >= 15 is 0 Å². The van der Waals surface area contributed by atoms with E-state index in [0.717, 1.165) is 9.80 Å². The van der Waals surface area contributed by atoms with Gasteiger partial charge in [-0.2, -0.15) is 12.6 Å². The van der Waals surface area contributed by atoms with Gasteiger partial charge < -0.3 is 0 Å². The van der Waals surface area contributed by atoms with Crippen molar-refractivity contribution in [1.29, 1.82) is 0 Å². The molecule has 3 heteroatoms. The van der Waals surface area contributed by atoms with Crippen LogP contribution in [0.25, 0.3) is 0 Å². The third kappa shape index (κ3) is 2.63. The summed E-state index contributed by atoms with van der Waals surface area (Å²) in [6.07, 6.45) is 2.70. The van der Waals surface area contributed by atoms with Crippen molar-refractivity contribution in [2.24, 2.45) is 0 Å². The standard InChI is InChI=1S/C6H12INS/c7-6-1-3-8(5-9)4-2-6/h6,9H,1-5H2. The lowest BCUT2D eigenvalue weighted by atomic mass is 10.1. The van der Waals surface area contributed by atoms with E-state index in [4.69, 9.17) is 0 Å². The molecular weight excluding hydrogens is 245 g/mol. The summed E-state index contributed by atoms with van der Waals surface area (Å²) >= 11 is 6.75. The van der Waals surface area contributed by atoms with E-state index in [1.807, 2.05) is 0 Å². The maximum Gasteiger partial charge on any atom is 0.0414 e. The van der Waals surface area contributed by atoms with Gasteiger partial charge in [-0.3, -0.25) is 4.90 Å². The van der Waals surface area contributed by atoms with E-state index in [9.17, 15) is 0 Å². The van der Waals surface area contributed by atoms with Crippen LogP contribution < -0.4 is 0 Å². The molecule has 0 radical (unpaired) electrons. The summed E-state index contributed by atoms with van der Waals surface area (Å²) in [5.41, 5.74) is 0. The lowest BCUT2D eigenvalue weighted by Gasteiger charge is -2.27. The lowest BCUT2D eigenvalue weighted by Crippen LogP contribution is -2.32. The second kappa shape index (κ2) is 4.03. The first-order valence-electron chi connectivity index (χ1n) is 3.30. The fraction of sp³-hybridized carbons (Fsp3) is 1.00. The number of alkyl halides is 1. The van der Waals surface area contributed by atoms with Gasteiger partial charge in [-0.25, -0.2) is 0 Å². The molecule has 0 unspecified atom stereocenters. The van der Waals surface area contributed by atoms with Crippen molar-refractivity contribution in [3.8, 4) is 0 Å². The van der Waals surface area contributed by atoms with Crippen LogP contribution in [0.5, 0.6) is 0 Å². The lowest BCUT2D eigenvalue weighted by molar-refractivity contribution is 0.276. The summed E-state index contributed by atoms with van der Waals surface area (Å²) in [6.45, 7) is 2.49. The van der Waals surface area contributed by atoms with Crippen LogP contribution in [0.3, 0.4) is 0 Å². The minimum Gasteiger partial charge on any atom is -0.294 e. The predicted octanol–water partition coefficient (Wildman–Crippen LogP) is 1.77. The third-order valence-corrected chi connectivity index (χ3v) is 3.36. The van der Waals surface area contributed by atoms with Crippen molar-refractivity contribution in [1.82, 2.24) is 4.90 Å². The zero-order valence-corrected chi connectivity index (χ0v) is 8.44. The molecule has 1 aliphatic heterocycles. The summed E-state index contributed by atoms with van der Waals surface area (Å²) < 4.78 is 0.915. The molecule has 0 spiro atoms. The number of likely N-dealkylation sites (tertiary alicyclic amines) is 1. The Morgan fingerprint density at radius 3 is 2.44 bits per heavy atom. The number of rotatable bonds is 1. The minimum atomic E-state index is 0.915. The molecule has 0 N–H and O–H groups in total. The van der Waals surface area contributed by atoms with E-state index in [-0.39, 0.29) is 0 Å². The number of piperidine rings is 1. The molecule has 9 heavy (non-hydrogen) atoms. The van der Waals surface area contributed by atoms with Crippen LogP contribution in [0, 0.1) is 0 Å². The molecule has 0 aliphatic carbocycles. The van der Waals surface area contributed by atoms with Gasteiger partial charge in [0.2, 0.25) is 0 Å². The summed E-state index contributed by atoms with van der Waals surface area (Å²) in [5, 5.41) is 0. The van der Waals surface area contributed by atoms with Crippen LogP contribution in [0.1, 0.15) is 12.8 Å². The molecular formula is C6H12INS. The normalized spacial score (nSPS) is 24.7. The van der Waals surface area contributed by atoms with Gasteiger partial charge in [-0.1, -0.05) is 22.6 Å². The Balaban J connectivity index is 2.18. The summed E-state index contributed by atoms with van der Waals surface area (Å²) in [6, 6.07) is 0. The molecule has 1 aliphatic rings. The summed E-state index contributed by atoms with van der Waals surface area (Å²) in [7, 11) is 0. The fourth-order valence-electron chi connectivity index (χ4n) is 1.04. The molecule has 1 heterocycles. The van der Waals surface area contributed by atoms with Crippen LogP contribution >= 0.6 is 35.2 Å². The van der Waals surface area contributed by atoms with Gasteiger partial charge in [0.25, 0.3) is 0 Å². The van der Waals surface area contributed by atoms with Crippen LogP contribution in [-0.4, -0.2) is 27.8 Å². The van der Waals surface area contributed by atoms with Crippen LogP contribution in [0.15, 0.2) is 0 Å². The maximum atomic E-state index is 4.22. The second-order valence-electron chi connectivity index (χ2n) is 2.43. The van der Waals surface area contributed by atoms with Crippen molar-refractivity contribution < 1.29 is 0 Å². The van der Waals surface area contributed by atoms with Crippen molar-refractivity contribution in [2.75, 3.05) is 19.0 Å². The minimum absolute atomic E-state index is 0.915. The first kappa shape index (κ1) is 8.14. The highest BCUT2D eigenvalue weighted by molar-refractivity contribution is 14.1. The molecule has 1 saturated heterocycles. The molecule has 0 amide bonds. The third-order valence-electron chi connectivity index (χ3n) is 1.72. The molecule has 1 fully saturated rings. The van der Waals surface area contributed by atoms with E-state index in [2.05, 4.69) is 40.1 Å². The van der Waals surface area contributed by atoms with E-state index in [1.165, 1.54) is 25.9 Å². The van der Waals surface area contributed by atoms with Gasteiger partial charge in [0.1, 0.15) is 0 Å². The maximum absolute atomic E-state index is 4.22. The number of thiol groups is 1. The van der Waals surface area contributed by atoms with Crippen LogP contribution in [0.2, 0.25) is 0 Å². The van der Waals surface area contributed by atoms with Gasteiger partial charge in [0.15, 0.2) is 0 Å². The molecule has 1 rings (SSSR count). The summed E-state index contributed by atoms with van der Waals surface area (Å²) in [4.78, 5) is 2.39. The van der Waals surface area contributed by atoms with Crippen molar-refractivity contribution in [2.45, 2.75) is 16.8 Å². The summed E-state index contributed by atoms with van der Waals surface area (Å²) in [5.74, 6) is 0.934. The highest BCUT2D eigenvalue weighted by atomic mass is 127. The molecule has 0 bridgehead atoms. The van der Waals surface area contributed by atoms with Gasteiger partial charge in [-0.05, 0) is 25.9 Å². The Labute approximate surface area is 75.7 Å². The SMILES string of the molecule is SCN1CCC(I)CC1. The van der Waals surface area contributed by atoms with Crippen molar-refractivity contribution >= 4 is 35.2 Å². The van der Waals surface area contributed by atoms with Crippen LogP contribution in [0.4, 0.5) is 0 Å². The fourth-order valence-corrected chi connectivity index (χ4v) is 1.88. The Hall–Kier alpha value is 1.04. The second-order valence-corrected chi connectivity index (χ2v) is 4.48. The van der Waals surface area contributed by atoms with Crippen molar-refractivity contribution in [3.05, 3.63) is 0 Å². The number of hydrogen-bond acceptors (Lipinski definition) is 2. The Morgan fingerprint density at radius 2 is 2.00 bits per heavy atom. The first-order chi connectivity index (χ1) is 4.33. The molecule has 0 aromatic heterocycles. The molecule has 54 valence electrons. The predicted molar refractivity (Wildman–Crippen MR) is 52.5 cm³/mol. The molecule has 1 nitrogen and oxygen atoms in total. The molecule has 0 aromatic rings. The van der Waals surface area contributed by atoms with Gasteiger partial charge in [-0.15, -0.1) is 0 Å². The highest BCUT2D eigenvalue weighted by Crippen LogP contribution is 2.17. The van der Waals surface area contributed by atoms with Crippen LogP contribution in [-0.2, 0) is 0 Å². The average Bonchev–Trinajstić information content (AvgIpc) is 1.90. The Kier molecular flexibility index (Phi) is 3.65. The molecule has 0 aromatic carbocycles. The molecule has 0 saturated carbocycles. The first-order valence-corrected chi connectivity index (χ1v) is 5.18. The zero-order valence-electron chi connectivity index (χ0n) is 5.39. The number of halogens is 1. The largest absolute Gasteiger partial charge is 0.294 e. The van der Waals surface area contributed by atoms with Crippen molar-refractivity contribution in [3.63, 3.8) is 0 Å². The zero-order chi connectivity index (χ0) is 6.69. The van der Waals surface area contributed by atoms with E-state index < -0.39 is 0 Å². The highest BCUT2D eigenvalue weighted by Gasteiger charge is 2.14. The van der Waals surface area contributed by atoms with Gasteiger partial charge >= 0.3 is 0 Å². The monoisotopic (exact) mass is 257 g/mol. The number of hydrogen-bond donors (Lipinski definition) is 1. The Bertz CT molecular complexity index is 81.1. The smallest absolute Gasteiger partial charge is 0.0414 e. The quantitative estimate of drug-likeness (QED) is 0.425. The Morgan fingerprint density at radius 1 is 1.44 bits per heavy atom. The van der Waals surface area contributed by atoms with Gasteiger partial charge in [0, 0.05) is 9.80 Å². The topological polar surface area (TPSA) is 3.24 Å². The molecule has 0 atom stereocenters. The average molecular weight is 257 g/mol. The van der Waals surface area contributed by atoms with Gasteiger partial charge in [0.05, 0.1) is 0 Å². The van der Waals surface area contributed by atoms with E-state index in [0.29, 0.717) is 0 Å². The number of nitrogens with zero attached hydrogens (tertiary/aromatic N) is 1. The van der Waals surface area contributed by atoms with E-state index in [1.54, 1.807) is 0 Å².